The normalized spacial score (nSPS) is 11.1. The molecule has 0 radical (unpaired) electrons. The monoisotopic (exact) mass is 408 g/mol. The van der Waals surface area contributed by atoms with Crippen LogP contribution in [0.15, 0.2) is 0 Å². The number of amides is 2. The van der Waals surface area contributed by atoms with Crippen molar-refractivity contribution in [2.24, 2.45) is 0 Å². The lowest BCUT2D eigenvalue weighted by atomic mass is 10.4. The van der Waals surface area contributed by atoms with Crippen molar-refractivity contribution in [3.8, 4) is 0 Å². The molecule has 2 amide bonds. The van der Waals surface area contributed by atoms with Crippen LogP contribution in [0.3, 0.4) is 0 Å². The van der Waals surface area contributed by atoms with Crippen molar-refractivity contribution in [1.29, 1.82) is 0 Å². The lowest BCUT2D eigenvalue weighted by Gasteiger charge is -2.21. The van der Waals surface area contributed by atoms with Gasteiger partial charge in [-0.2, -0.15) is 0 Å². The summed E-state index contributed by atoms with van der Waals surface area (Å²) in [4.78, 5) is 27.0. The molecule has 0 aromatic heterocycles. The summed E-state index contributed by atoms with van der Waals surface area (Å²) in [5, 5.41) is 0. The van der Waals surface area contributed by atoms with Crippen molar-refractivity contribution >= 4 is 22.0 Å². The Labute approximate surface area is 164 Å². The van der Waals surface area contributed by atoms with Crippen LogP contribution in [0.5, 0.6) is 0 Å². The van der Waals surface area contributed by atoms with Crippen LogP contribution in [0, 0.1) is 0 Å². The first-order valence-corrected chi connectivity index (χ1v) is 11.7. The Kier molecular flexibility index (Phi) is 13.7. The van der Waals surface area contributed by atoms with Gasteiger partial charge < -0.3 is 19.3 Å². The Morgan fingerprint density at radius 2 is 0.963 bits per heavy atom. The average molecular weight is 409 g/mol. The molecule has 0 aliphatic heterocycles. The van der Waals surface area contributed by atoms with Crippen LogP contribution in [0.2, 0.25) is 0 Å². The maximum Gasteiger partial charge on any atom is 0.409 e. The fraction of sp³-hybridized carbons (Fsp3) is 0.889. The van der Waals surface area contributed by atoms with Crippen molar-refractivity contribution in [3.63, 3.8) is 0 Å². The van der Waals surface area contributed by atoms with Gasteiger partial charge in [0, 0.05) is 26.2 Å². The Bertz CT molecular complexity index is 472. The Morgan fingerprint density at radius 3 is 1.22 bits per heavy atom. The third-order valence-corrected chi connectivity index (χ3v) is 5.31. The highest BCUT2D eigenvalue weighted by atomic mass is 32.2. The van der Waals surface area contributed by atoms with Crippen molar-refractivity contribution in [1.82, 2.24) is 9.80 Å². The van der Waals surface area contributed by atoms with Crippen LogP contribution in [0.25, 0.3) is 0 Å². The quantitative estimate of drug-likeness (QED) is 0.439. The Morgan fingerprint density at radius 1 is 0.667 bits per heavy atom. The second-order valence-corrected chi connectivity index (χ2v) is 8.66. The van der Waals surface area contributed by atoms with Gasteiger partial charge in [0.2, 0.25) is 0 Å². The molecule has 0 rings (SSSR count). The minimum Gasteiger partial charge on any atom is -0.448 e. The van der Waals surface area contributed by atoms with Gasteiger partial charge in [0.05, 0.1) is 11.5 Å². The van der Waals surface area contributed by atoms with Gasteiger partial charge in [-0.25, -0.2) is 18.0 Å². The maximum absolute atomic E-state index is 12.0. The summed E-state index contributed by atoms with van der Waals surface area (Å²) in [6.45, 7) is 9.79. The molecule has 0 bridgehead atoms. The molecule has 27 heavy (non-hydrogen) atoms. The van der Waals surface area contributed by atoms with Crippen molar-refractivity contribution in [2.75, 3.05) is 50.9 Å². The third kappa shape index (κ3) is 11.7. The van der Waals surface area contributed by atoms with Crippen molar-refractivity contribution in [3.05, 3.63) is 0 Å². The third-order valence-electron chi connectivity index (χ3n) is 3.73. The van der Waals surface area contributed by atoms with Crippen LogP contribution >= 0.6 is 0 Å². The zero-order valence-corrected chi connectivity index (χ0v) is 18.1. The maximum atomic E-state index is 12.0. The molecular formula is C18H36N2O6S. The topological polar surface area (TPSA) is 93.2 Å². The fourth-order valence-electron chi connectivity index (χ4n) is 2.46. The van der Waals surface area contributed by atoms with Gasteiger partial charge in [-0.05, 0) is 25.7 Å². The SMILES string of the molecule is CCCN(CCC)C(=O)OCCS(=O)(=O)CCOC(=O)N(CCC)CCC. The van der Waals surface area contributed by atoms with Crippen LogP contribution in [-0.4, -0.2) is 81.3 Å². The number of sulfone groups is 1. The van der Waals surface area contributed by atoms with Crippen molar-refractivity contribution < 1.29 is 27.5 Å². The predicted octanol–water partition coefficient (Wildman–Crippen LogP) is 2.92. The number of carbonyl (C=O) groups is 2. The van der Waals surface area contributed by atoms with E-state index in [1.807, 2.05) is 27.7 Å². The van der Waals surface area contributed by atoms with Gasteiger partial charge in [0.15, 0.2) is 9.84 Å². The molecule has 0 N–H and O–H groups in total. The molecule has 0 spiro atoms. The lowest BCUT2D eigenvalue weighted by Crippen LogP contribution is -2.35. The molecule has 0 aliphatic carbocycles. The Hall–Kier alpha value is -1.51. The van der Waals surface area contributed by atoms with E-state index in [-0.39, 0.29) is 24.7 Å². The zero-order chi connectivity index (χ0) is 20.7. The molecule has 160 valence electrons. The summed E-state index contributed by atoms with van der Waals surface area (Å²) in [6, 6.07) is 0. The van der Waals surface area contributed by atoms with E-state index in [2.05, 4.69) is 0 Å². The molecule has 0 aliphatic rings. The van der Waals surface area contributed by atoms with E-state index >= 15 is 0 Å². The first-order valence-electron chi connectivity index (χ1n) is 9.85. The van der Waals surface area contributed by atoms with E-state index in [0.29, 0.717) is 26.2 Å². The highest BCUT2D eigenvalue weighted by Crippen LogP contribution is 2.02. The molecule has 0 saturated heterocycles. The van der Waals surface area contributed by atoms with Crippen LogP contribution < -0.4 is 0 Å². The summed E-state index contributed by atoms with van der Waals surface area (Å²) in [7, 11) is -3.46. The number of carbonyl (C=O) groups excluding carboxylic acids is 2. The summed E-state index contributed by atoms with van der Waals surface area (Å²) in [5.74, 6) is -0.563. The molecule has 0 heterocycles. The average Bonchev–Trinajstić information content (AvgIpc) is 2.60. The van der Waals surface area contributed by atoms with E-state index in [1.165, 1.54) is 0 Å². The number of hydrogen-bond donors (Lipinski definition) is 0. The number of hydrogen-bond acceptors (Lipinski definition) is 6. The van der Waals surface area contributed by atoms with E-state index < -0.39 is 22.0 Å². The molecular weight excluding hydrogens is 372 g/mol. The molecule has 0 fully saturated rings. The van der Waals surface area contributed by atoms with E-state index in [1.54, 1.807) is 9.80 Å². The van der Waals surface area contributed by atoms with Gasteiger partial charge in [-0.3, -0.25) is 0 Å². The summed E-state index contributed by atoms with van der Waals surface area (Å²) in [5.41, 5.74) is 0. The van der Waals surface area contributed by atoms with E-state index in [9.17, 15) is 18.0 Å². The predicted molar refractivity (Wildman–Crippen MR) is 106 cm³/mol. The highest BCUT2D eigenvalue weighted by Gasteiger charge is 2.18. The summed E-state index contributed by atoms with van der Waals surface area (Å²) >= 11 is 0. The standard InChI is InChI=1S/C18H36N2O6S/c1-5-9-19(10-6-2)17(21)25-13-15-27(23,24)16-14-26-18(22)20(11-7-3)12-8-4/h5-16H2,1-4H3. The largest absolute Gasteiger partial charge is 0.448 e. The first kappa shape index (κ1) is 25.5. The van der Waals surface area contributed by atoms with E-state index in [0.717, 1.165) is 25.7 Å². The smallest absolute Gasteiger partial charge is 0.409 e. The van der Waals surface area contributed by atoms with E-state index in [4.69, 9.17) is 9.47 Å². The minimum atomic E-state index is -3.46. The molecule has 0 aromatic rings. The zero-order valence-electron chi connectivity index (χ0n) is 17.2. The van der Waals surface area contributed by atoms with Crippen LogP contribution in [0.4, 0.5) is 9.59 Å². The minimum absolute atomic E-state index is 0.198. The van der Waals surface area contributed by atoms with Gasteiger partial charge >= 0.3 is 12.2 Å². The van der Waals surface area contributed by atoms with Gasteiger partial charge in [0.1, 0.15) is 13.2 Å². The first-order chi connectivity index (χ1) is 12.8. The Balaban J connectivity index is 4.26. The fourth-order valence-corrected chi connectivity index (χ4v) is 3.34. The van der Waals surface area contributed by atoms with Gasteiger partial charge in [-0.1, -0.05) is 27.7 Å². The molecule has 0 unspecified atom stereocenters. The van der Waals surface area contributed by atoms with Crippen LogP contribution in [0.1, 0.15) is 53.4 Å². The molecule has 0 aromatic carbocycles. The molecule has 9 heteroatoms. The number of rotatable bonds is 14. The highest BCUT2D eigenvalue weighted by molar-refractivity contribution is 7.91. The second kappa shape index (κ2) is 14.5. The lowest BCUT2D eigenvalue weighted by molar-refractivity contribution is 0.107. The van der Waals surface area contributed by atoms with Crippen LogP contribution in [-0.2, 0) is 19.3 Å². The molecule has 0 atom stereocenters. The summed E-state index contributed by atoms with van der Waals surface area (Å²) in [6.07, 6.45) is 2.26. The van der Waals surface area contributed by atoms with Gasteiger partial charge in [-0.15, -0.1) is 0 Å². The molecule has 8 nitrogen and oxygen atoms in total. The second-order valence-electron chi connectivity index (χ2n) is 6.35. The summed E-state index contributed by atoms with van der Waals surface area (Å²) < 4.78 is 34.2. The number of ether oxygens (including phenoxy) is 2. The number of nitrogens with zero attached hydrogens (tertiary/aromatic N) is 2. The van der Waals surface area contributed by atoms with Crippen molar-refractivity contribution in [2.45, 2.75) is 53.4 Å². The van der Waals surface area contributed by atoms with Gasteiger partial charge in [0.25, 0.3) is 0 Å². The molecule has 0 saturated carbocycles.